The standard InChI is InChI=1S/C12H16ClFN2O/c13-11-7-9(1-2-12(11)14)16-5-6-17-10(8-16)3-4-15/h1-2,7,10H,3-6,8,15H2. The van der Waals surface area contributed by atoms with Gasteiger partial charge in [-0.25, -0.2) is 4.39 Å². The first-order valence-corrected chi connectivity index (χ1v) is 6.10. The van der Waals surface area contributed by atoms with Crippen LogP contribution in [0.1, 0.15) is 6.42 Å². The summed E-state index contributed by atoms with van der Waals surface area (Å²) in [5.41, 5.74) is 6.45. The molecule has 1 saturated heterocycles. The van der Waals surface area contributed by atoms with Crippen LogP contribution >= 0.6 is 11.6 Å². The van der Waals surface area contributed by atoms with E-state index in [4.69, 9.17) is 22.1 Å². The highest BCUT2D eigenvalue weighted by Crippen LogP contribution is 2.24. The van der Waals surface area contributed by atoms with E-state index >= 15 is 0 Å². The molecule has 94 valence electrons. The van der Waals surface area contributed by atoms with E-state index in [1.165, 1.54) is 6.07 Å². The molecular weight excluding hydrogens is 243 g/mol. The average Bonchev–Trinajstić information content (AvgIpc) is 2.33. The van der Waals surface area contributed by atoms with Crippen molar-refractivity contribution in [3.05, 3.63) is 29.0 Å². The summed E-state index contributed by atoms with van der Waals surface area (Å²) < 4.78 is 18.7. The molecule has 1 aromatic rings. The normalized spacial score (nSPS) is 20.6. The highest BCUT2D eigenvalue weighted by Gasteiger charge is 2.20. The molecule has 1 aromatic carbocycles. The maximum absolute atomic E-state index is 13.1. The van der Waals surface area contributed by atoms with Crippen molar-refractivity contribution in [3.8, 4) is 0 Å². The minimum absolute atomic E-state index is 0.151. The van der Waals surface area contributed by atoms with Crippen LogP contribution in [0.15, 0.2) is 18.2 Å². The van der Waals surface area contributed by atoms with E-state index in [1.807, 2.05) is 0 Å². The second-order valence-electron chi connectivity index (χ2n) is 4.11. The molecule has 2 rings (SSSR count). The van der Waals surface area contributed by atoms with E-state index in [0.29, 0.717) is 13.2 Å². The first-order valence-electron chi connectivity index (χ1n) is 5.72. The monoisotopic (exact) mass is 258 g/mol. The van der Waals surface area contributed by atoms with E-state index in [-0.39, 0.29) is 16.9 Å². The van der Waals surface area contributed by atoms with Gasteiger partial charge >= 0.3 is 0 Å². The Morgan fingerprint density at radius 3 is 3.06 bits per heavy atom. The number of hydrogen-bond acceptors (Lipinski definition) is 3. The van der Waals surface area contributed by atoms with E-state index < -0.39 is 0 Å². The zero-order valence-corrected chi connectivity index (χ0v) is 10.3. The number of ether oxygens (including phenoxy) is 1. The van der Waals surface area contributed by atoms with Gasteiger partial charge in [-0.15, -0.1) is 0 Å². The van der Waals surface area contributed by atoms with Crippen molar-refractivity contribution in [2.75, 3.05) is 31.1 Å². The number of anilines is 1. The molecule has 1 aliphatic rings. The van der Waals surface area contributed by atoms with Crippen LogP contribution in [-0.2, 0) is 4.74 Å². The van der Waals surface area contributed by atoms with E-state index in [9.17, 15) is 4.39 Å². The van der Waals surface area contributed by atoms with Crippen molar-refractivity contribution in [3.63, 3.8) is 0 Å². The third-order valence-corrected chi connectivity index (χ3v) is 3.19. The van der Waals surface area contributed by atoms with Crippen LogP contribution in [0, 0.1) is 5.82 Å². The lowest BCUT2D eigenvalue weighted by molar-refractivity contribution is 0.0369. The van der Waals surface area contributed by atoms with Crippen molar-refractivity contribution in [1.82, 2.24) is 0 Å². The lowest BCUT2D eigenvalue weighted by Gasteiger charge is -2.34. The highest BCUT2D eigenvalue weighted by atomic mass is 35.5. The molecule has 17 heavy (non-hydrogen) atoms. The van der Waals surface area contributed by atoms with Crippen LogP contribution in [0.25, 0.3) is 0 Å². The summed E-state index contributed by atoms with van der Waals surface area (Å²) in [5, 5.41) is 0.157. The number of hydrogen-bond donors (Lipinski definition) is 1. The molecule has 0 radical (unpaired) electrons. The van der Waals surface area contributed by atoms with Crippen molar-refractivity contribution in [1.29, 1.82) is 0 Å². The molecule has 0 bridgehead atoms. The van der Waals surface area contributed by atoms with Gasteiger partial charge in [-0.05, 0) is 31.2 Å². The summed E-state index contributed by atoms with van der Waals surface area (Å²) in [6, 6.07) is 4.79. The van der Waals surface area contributed by atoms with Crippen molar-refractivity contribution in [2.45, 2.75) is 12.5 Å². The van der Waals surface area contributed by atoms with Gasteiger partial charge in [0.25, 0.3) is 0 Å². The third-order valence-electron chi connectivity index (χ3n) is 2.90. The molecule has 2 N–H and O–H groups in total. The SMILES string of the molecule is NCCC1CN(c2ccc(F)c(Cl)c2)CCO1. The Labute approximate surface area is 105 Å². The summed E-state index contributed by atoms with van der Waals surface area (Å²) in [7, 11) is 0. The van der Waals surface area contributed by atoms with Gasteiger partial charge in [0.2, 0.25) is 0 Å². The van der Waals surface area contributed by atoms with Gasteiger partial charge in [0, 0.05) is 18.8 Å². The first kappa shape index (κ1) is 12.6. The summed E-state index contributed by atoms with van der Waals surface area (Å²) in [4.78, 5) is 2.15. The molecule has 5 heteroatoms. The van der Waals surface area contributed by atoms with Gasteiger partial charge in [0.05, 0.1) is 17.7 Å². The molecule has 0 aromatic heterocycles. The highest BCUT2D eigenvalue weighted by molar-refractivity contribution is 6.31. The summed E-state index contributed by atoms with van der Waals surface area (Å²) in [6.45, 7) is 2.85. The molecular formula is C12H16ClFN2O. The Morgan fingerprint density at radius 2 is 2.35 bits per heavy atom. The molecule has 1 heterocycles. The summed E-state index contributed by atoms with van der Waals surface area (Å²) >= 11 is 5.78. The minimum Gasteiger partial charge on any atom is -0.374 e. The zero-order valence-electron chi connectivity index (χ0n) is 9.53. The van der Waals surface area contributed by atoms with Crippen molar-refractivity contribution < 1.29 is 9.13 Å². The fourth-order valence-corrected chi connectivity index (χ4v) is 2.17. The van der Waals surface area contributed by atoms with Crippen LogP contribution in [0.5, 0.6) is 0 Å². The molecule has 0 spiro atoms. The van der Waals surface area contributed by atoms with Gasteiger partial charge in [0.15, 0.2) is 0 Å². The van der Waals surface area contributed by atoms with E-state index in [1.54, 1.807) is 12.1 Å². The lowest BCUT2D eigenvalue weighted by Crippen LogP contribution is -2.43. The number of benzene rings is 1. The van der Waals surface area contributed by atoms with Gasteiger partial charge < -0.3 is 15.4 Å². The Kier molecular flexibility index (Phi) is 4.20. The fourth-order valence-electron chi connectivity index (χ4n) is 2.00. The Morgan fingerprint density at radius 1 is 1.53 bits per heavy atom. The predicted molar refractivity (Wildman–Crippen MR) is 67.0 cm³/mol. The number of nitrogens with zero attached hydrogens (tertiary/aromatic N) is 1. The lowest BCUT2D eigenvalue weighted by atomic mass is 10.2. The topological polar surface area (TPSA) is 38.5 Å². The molecule has 1 aliphatic heterocycles. The van der Waals surface area contributed by atoms with Crippen LogP contribution in [0.3, 0.4) is 0 Å². The Bertz CT molecular complexity index is 387. The van der Waals surface area contributed by atoms with E-state index in [0.717, 1.165) is 25.2 Å². The molecule has 1 unspecified atom stereocenters. The number of halogens is 2. The summed E-state index contributed by atoms with van der Waals surface area (Å²) in [6.07, 6.45) is 0.989. The fraction of sp³-hybridized carbons (Fsp3) is 0.500. The zero-order chi connectivity index (χ0) is 12.3. The Balaban J connectivity index is 2.08. The van der Waals surface area contributed by atoms with E-state index in [2.05, 4.69) is 4.90 Å². The van der Waals surface area contributed by atoms with Crippen molar-refractivity contribution in [2.24, 2.45) is 5.73 Å². The molecule has 0 aliphatic carbocycles. The third kappa shape index (κ3) is 3.09. The molecule has 1 fully saturated rings. The maximum Gasteiger partial charge on any atom is 0.141 e. The first-order chi connectivity index (χ1) is 8.20. The van der Waals surface area contributed by atoms with Crippen molar-refractivity contribution >= 4 is 17.3 Å². The number of rotatable bonds is 3. The molecule has 0 saturated carbocycles. The van der Waals surface area contributed by atoms with Crippen LogP contribution < -0.4 is 10.6 Å². The van der Waals surface area contributed by atoms with Gasteiger partial charge in [-0.3, -0.25) is 0 Å². The summed E-state index contributed by atoms with van der Waals surface area (Å²) in [5.74, 6) is -0.387. The van der Waals surface area contributed by atoms with Gasteiger partial charge in [-0.2, -0.15) is 0 Å². The minimum atomic E-state index is -0.387. The quantitative estimate of drug-likeness (QED) is 0.902. The van der Waals surface area contributed by atoms with Gasteiger partial charge in [-0.1, -0.05) is 11.6 Å². The second kappa shape index (κ2) is 5.67. The van der Waals surface area contributed by atoms with Crippen LogP contribution in [0.4, 0.5) is 10.1 Å². The maximum atomic E-state index is 13.1. The average molecular weight is 259 g/mol. The molecule has 1 atom stereocenters. The van der Waals surface area contributed by atoms with Crippen LogP contribution in [-0.4, -0.2) is 32.3 Å². The van der Waals surface area contributed by atoms with Gasteiger partial charge in [0.1, 0.15) is 5.82 Å². The van der Waals surface area contributed by atoms with Crippen LogP contribution in [0.2, 0.25) is 5.02 Å². The largest absolute Gasteiger partial charge is 0.374 e. The Hall–Kier alpha value is -0.840. The second-order valence-corrected chi connectivity index (χ2v) is 4.52. The smallest absolute Gasteiger partial charge is 0.141 e. The number of nitrogens with two attached hydrogens (primary N) is 1. The molecule has 0 amide bonds. The molecule has 3 nitrogen and oxygen atoms in total. The predicted octanol–water partition coefficient (Wildman–Crippen LogP) is 2.03. The number of morpholine rings is 1.